The van der Waals surface area contributed by atoms with Gasteiger partial charge in [0.15, 0.2) is 0 Å². The van der Waals surface area contributed by atoms with Crippen molar-refractivity contribution in [2.24, 2.45) is 0 Å². The highest BCUT2D eigenvalue weighted by Gasteiger charge is 2.00. The lowest BCUT2D eigenvalue weighted by Crippen LogP contribution is -1.89. The van der Waals surface area contributed by atoms with Crippen LogP contribution in [0.15, 0.2) is 42.6 Å². The highest BCUT2D eigenvalue weighted by Crippen LogP contribution is 2.23. The Kier molecular flexibility index (Phi) is 3.98. The predicted octanol–water partition coefficient (Wildman–Crippen LogP) is 3.78. The van der Waals surface area contributed by atoms with Crippen molar-refractivity contribution in [1.29, 1.82) is 0 Å². The summed E-state index contributed by atoms with van der Waals surface area (Å²) >= 11 is 3.37. The number of nitrogens with zero attached hydrogens (tertiary/aromatic N) is 1. The van der Waals surface area contributed by atoms with E-state index in [1.807, 2.05) is 36.4 Å². The number of aromatic nitrogens is 1. The summed E-state index contributed by atoms with van der Waals surface area (Å²) in [6, 6.07) is 11.2. The molecule has 3 nitrogen and oxygen atoms in total. The van der Waals surface area contributed by atoms with E-state index >= 15 is 0 Å². The Morgan fingerprint density at radius 1 is 1.18 bits per heavy atom. The van der Waals surface area contributed by atoms with E-state index in [-0.39, 0.29) is 0 Å². The highest BCUT2D eigenvalue weighted by atomic mass is 79.9. The third-order valence-electron chi connectivity index (χ3n) is 2.22. The molecule has 1 heterocycles. The van der Waals surface area contributed by atoms with Crippen LogP contribution in [0.4, 0.5) is 0 Å². The molecule has 2 rings (SSSR count). The minimum atomic E-state index is 0.572. The molecule has 0 spiro atoms. The average molecular weight is 294 g/mol. The third kappa shape index (κ3) is 3.20. The number of ether oxygens (including phenoxy) is 2. The SMILES string of the molecule is COc1cccc(Oc2ccc(CBr)cn2)c1. The first-order valence-corrected chi connectivity index (χ1v) is 6.27. The second kappa shape index (κ2) is 5.68. The maximum atomic E-state index is 5.61. The van der Waals surface area contributed by atoms with Crippen molar-refractivity contribution in [2.75, 3.05) is 7.11 Å². The molecule has 0 aliphatic heterocycles. The van der Waals surface area contributed by atoms with Gasteiger partial charge in [-0.15, -0.1) is 0 Å². The molecule has 0 aliphatic rings. The van der Waals surface area contributed by atoms with Gasteiger partial charge in [-0.25, -0.2) is 4.98 Å². The number of rotatable bonds is 4. The van der Waals surface area contributed by atoms with Gasteiger partial charge in [0.2, 0.25) is 5.88 Å². The summed E-state index contributed by atoms with van der Waals surface area (Å²) < 4.78 is 10.7. The van der Waals surface area contributed by atoms with Crippen molar-refractivity contribution in [3.63, 3.8) is 0 Å². The van der Waals surface area contributed by atoms with E-state index in [1.54, 1.807) is 13.3 Å². The second-order valence-corrected chi connectivity index (χ2v) is 3.98. The van der Waals surface area contributed by atoms with Crippen LogP contribution in [-0.4, -0.2) is 12.1 Å². The maximum absolute atomic E-state index is 5.61. The summed E-state index contributed by atoms with van der Waals surface area (Å²) in [5.41, 5.74) is 1.11. The number of pyridine rings is 1. The van der Waals surface area contributed by atoms with Gasteiger partial charge < -0.3 is 9.47 Å². The molecule has 0 fully saturated rings. The van der Waals surface area contributed by atoms with E-state index in [9.17, 15) is 0 Å². The summed E-state index contributed by atoms with van der Waals surface area (Å²) in [6.07, 6.45) is 1.78. The van der Waals surface area contributed by atoms with Gasteiger partial charge in [0.1, 0.15) is 11.5 Å². The topological polar surface area (TPSA) is 31.4 Å². The van der Waals surface area contributed by atoms with Crippen molar-refractivity contribution in [3.05, 3.63) is 48.2 Å². The van der Waals surface area contributed by atoms with E-state index in [0.29, 0.717) is 11.6 Å². The summed E-state index contributed by atoms with van der Waals surface area (Å²) in [5, 5.41) is 0.791. The maximum Gasteiger partial charge on any atom is 0.219 e. The number of benzene rings is 1. The molecule has 0 atom stereocenters. The van der Waals surface area contributed by atoms with Crippen LogP contribution in [0.3, 0.4) is 0 Å². The molecule has 0 radical (unpaired) electrons. The minimum Gasteiger partial charge on any atom is -0.497 e. The fourth-order valence-corrected chi connectivity index (χ4v) is 1.67. The normalized spacial score (nSPS) is 10.0. The first-order valence-electron chi connectivity index (χ1n) is 5.14. The molecule has 0 bridgehead atoms. The molecule has 0 saturated heterocycles. The summed E-state index contributed by atoms with van der Waals surface area (Å²) in [5.74, 6) is 2.05. The lowest BCUT2D eigenvalue weighted by atomic mass is 10.3. The lowest BCUT2D eigenvalue weighted by molar-refractivity contribution is 0.407. The van der Waals surface area contributed by atoms with Crippen molar-refractivity contribution in [3.8, 4) is 17.4 Å². The number of methoxy groups -OCH3 is 1. The van der Waals surface area contributed by atoms with Crippen LogP contribution in [0.2, 0.25) is 0 Å². The Morgan fingerprint density at radius 2 is 2.00 bits per heavy atom. The van der Waals surface area contributed by atoms with Crippen molar-refractivity contribution in [2.45, 2.75) is 5.33 Å². The molecule has 0 N–H and O–H groups in total. The van der Waals surface area contributed by atoms with Crippen LogP contribution in [0.25, 0.3) is 0 Å². The van der Waals surface area contributed by atoms with E-state index < -0.39 is 0 Å². The molecule has 17 heavy (non-hydrogen) atoms. The molecule has 0 aliphatic carbocycles. The van der Waals surface area contributed by atoms with Crippen LogP contribution in [0.5, 0.6) is 17.4 Å². The van der Waals surface area contributed by atoms with Crippen LogP contribution >= 0.6 is 15.9 Å². The molecule has 4 heteroatoms. The predicted molar refractivity (Wildman–Crippen MR) is 69.9 cm³/mol. The van der Waals surface area contributed by atoms with E-state index in [1.165, 1.54) is 0 Å². The van der Waals surface area contributed by atoms with Gasteiger partial charge in [0, 0.05) is 23.7 Å². The largest absolute Gasteiger partial charge is 0.497 e. The standard InChI is InChI=1S/C13H12BrNO2/c1-16-11-3-2-4-12(7-11)17-13-6-5-10(8-14)9-15-13/h2-7,9H,8H2,1H3. The van der Waals surface area contributed by atoms with Crippen LogP contribution in [-0.2, 0) is 5.33 Å². The number of hydrogen-bond donors (Lipinski definition) is 0. The average Bonchev–Trinajstić information content (AvgIpc) is 2.40. The van der Waals surface area contributed by atoms with Crippen LogP contribution in [0, 0.1) is 0 Å². The molecule has 0 amide bonds. The molecular formula is C13H12BrNO2. The Balaban J connectivity index is 2.13. The fourth-order valence-electron chi connectivity index (χ4n) is 1.34. The first kappa shape index (κ1) is 11.9. The monoisotopic (exact) mass is 293 g/mol. The molecule has 1 aromatic heterocycles. The lowest BCUT2D eigenvalue weighted by Gasteiger charge is -2.06. The zero-order valence-corrected chi connectivity index (χ0v) is 11.0. The number of halogens is 1. The van der Waals surface area contributed by atoms with Gasteiger partial charge in [0.25, 0.3) is 0 Å². The van der Waals surface area contributed by atoms with Gasteiger partial charge in [-0.05, 0) is 17.7 Å². The van der Waals surface area contributed by atoms with Gasteiger partial charge >= 0.3 is 0 Å². The van der Waals surface area contributed by atoms with E-state index in [2.05, 4.69) is 20.9 Å². The van der Waals surface area contributed by atoms with Gasteiger partial charge in [-0.3, -0.25) is 0 Å². The third-order valence-corrected chi connectivity index (χ3v) is 2.86. The number of hydrogen-bond acceptors (Lipinski definition) is 3. The van der Waals surface area contributed by atoms with Gasteiger partial charge in [0.05, 0.1) is 7.11 Å². The summed E-state index contributed by atoms with van der Waals surface area (Å²) in [7, 11) is 1.63. The summed E-state index contributed by atoms with van der Waals surface area (Å²) in [6.45, 7) is 0. The van der Waals surface area contributed by atoms with E-state index in [0.717, 1.165) is 16.6 Å². The van der Waals surface area contributed by atoms with E-state index in [4.69, 9.17) is 9.47 Å². The first-order chi connectivity index (χ1) is 8.31. The molecule has 0 saturated carbocycles. The van der Waals surface area contributed by atoms with Crippen molar-refractivity contribution < 1.29 is 9.47 Å². The smallest absolute Gasteiger partial charge is 0.219 e. The zero-order valence-electron chi connectivity index (χ0n) is 9.39. The Hall–Kier alpha value is -1.55. The quantitative estimate of drug-likeness (QED) is 0.804. The highest BCUT2D eigenvalue weighted by molar-refractivity contribution is 9.08. The fraction of sp³-hybridized carbons (Fsp3) is 0.154. The molecule has 0 unspecified atom stereocenters. The van der Waals surface area contributed by atoms with Crippen LogP contribution < -0.4 is 9.47 Å². The molecule has 1 aromatic carbocycles. The second-order valence-electron chi connectivity index (χ2n) is 3.42. The molecule has 88 valence electrons. The Bertz CT molecular complexity index is 485. The minimum absolute atomic E-state index is 0.572. The van der Waals surface area contributed by atoms with Crippen molar-refractivity contribution in [1.82, 2.24) is 4.98 Å². The van der Waals surface area contributed by atoms with Crippen LogP contribution in [0.1, 0.15) is 5.56 Å². The Morgan fingerprint density at radius 3 is 2.65 bits per heavy atom. The zero-order chi connectivity index (χ0) is 12.1. The molecule has 2 aromatic rings. The Labute approximate surface area is 109 Å². The van der Waals surface area contributed by atoms with Gasteiger partial charge in [-0.2, -0.15) is 0 Å². The molecular weight excluding hydrogens is 282 g/mol. The van der Waals surface area contributed by atoms with Gasteiger partial charge in [-0.1, -0.05) is 28.1 Å². The summed E-state index contributed by atoms with van der Waals surface area (Å²) in [4.78, 5) is 4.21. The van der Waals surface area contributed by atoms with Crippen molar-refractivity contribution >= 4 is 15.9 Å². The number of alkyl halides is 1.